The van der Waals surface area contributed by atoms with Crippen LogP contribution in [-0.4, -0.2) is 0 Å². The van der Waals surface area contributed by atoms with Crippen LogP contribution in [0.3, 0.4) is 0 Å². The molecule has 0 fully saturated rings. The highest BCUT2D eigenvalue weighted by Crippen LogP contribution is 2.28. The van der Waals surface area contributed by atoms with Crippen molar-refractivity contribution in [1.82, 2.24) is 0 Å². The molecule has 0 saturated carbocycles. The summed E-state index contributed by atoms with van der Waals surface area (Å²) >= 11 is 0. The highest BCUT2D eigenvalue weighted by molar-refractivity contribution is 5.68. The van der Waals surface area contributed by atoms with Gasteiger partial charge in [-0.15, -0.1) is 0 Å². The third-order valence-corrected chi connectivity index (χ3v) is 2.47. The molecule has 0 atom stereocenters. The maximum absolute atomic E-state index is 13.7. The average molecular weight is 252 g/mol. The molecule has 2 rings (SSSR count). The van der Waals surface area contributed by atoms with Gasteiger partial charge in [-0.3, -0.25) is 0 Å². The molecule has 0 heterocycles. The van der Waals surface area contributed by atoms with Crippen LogP contribution in [0.4, 0.5) is 17.6 Å². The Morgan fingerprint density at radius 2 is 1.50 bits per heavy atom. The van der Waals surface area contributed by atoms with Crippen molar-refractivity contribution < 1.29 is 17.6 Å². The SMILES string of the molecule is FC(F)=C(F)c1ccc(-c2ccccc2)c(F)c1. The smallest absolute Gasteiger partial charge is 0.206 e. The fraction of sp³-hybridized carbons (Fsp3) is 0. The van der Waals surface area contributed by atoms with Crippen LogP contribution >= 0.6 is 0 Å². The van der Waals surface area contributed by atoms with Gasteiger partial charge >= 0.3 is 6.08 Å². The summed E-state index contributed by atoms with van der Waals surface area (Å²) in [6.45, 7) is 0. The van der Waals surface area contributed by atoms with Crippen molar-refractivity contribution in [3.05, 3.63) is 66.0 Å². The molecule has 0 N–H and O–H groups in total. The molecule has 2 aromatic carbocycles. The zero-order valence-electron chi connectivity index (χ0n) is 9.13. The first kappa shape index (κ1) is 12.4. The highest BCUT2D eigenvalue weighted by Gasteiger charge is 2.12. The minimum Gasteiger partial charge on any atom is -0.206 e. The summed E-state index contributed by atoms with van der Waals surface area (Å²) in [5.41, 5.74) is 0.380. The molecule has 2 aromatic rings. The van der Waals surface area contributed by atoms with Crippen molar-refractivity contribution >= 4 is 5.83 Å². The monoisotopic (exact) mass is 252 g/mol. The largest absolute Gasteiger partial charge is 0.306 e. The van der Waals surface area contributed by atoms with Gasteiger partial charge in [0, 0.05) is 11.1 Å². The van der Waals surface area contributed by atoms with Crippen molar-refractivity contribution in [3.8, 4) is 11.1 Å². The lowest BCUT2D eigenvalue weighted by Crippen LogP contribution is -1.87. The summed E-state index contributed by atoms with van der Waals surface area (Å²) in [7, 11) is 0. The number of hydrogen-bond acceptors (Lipinski definition) is 0. The van der Waals surface area contributed by atoms with Crippen molar-refractivity contribution in [3.63, 3.8) is 0 Å². The predicted molar refractivity (Wildman–Crippen MR) is 62.1 cm³/mol. The first-order chi connectivity index (χ1) is 8.59. The standard InChI is InChI=1S/C14H8F4/c15-12-8-10(13(16)14(17)18)6-7-11(12)9-4-2-1-3-5-9/h1-8H. The van der Waals surface area contributed by atoms with Crippen LogP contribution in [0.25, 0.3) is 17.0 Å². The summed E-state index contributed by atoms with van der Waals surface area (Å²) in [5, 5.41) is 0. The Morgan fingerprint density at radius 3 is 2.06 bits per heavy atom. The van der Waals surface area contributed by atoms with Crippen LogP contribution in [0.15, 0.2) is 54.6 Å². The Balaban J connectivity index is 2.47. The quantitative estimate of drug-likeness (QED) is 0.658. The van der Waals surface area contributed by atoms with Gasteiger partial charge < -0.3 is 0 Å². The zero-order valence-corrected chi connectivity index (χ0v) is 9.13. The molecule has 0 aliphatic rings. The highest BCUT2D eigenvalue weighted by atomic mass is 19.3. The molecule has 0 radical (unpaired) electrons. The van der Waals surface area contributed by atoms with Crippen molar-refractivity contribution in [2.45, 2.75) is 0 Å². The summed E-state index contributed by atoms with van der Waals surface area (Å²) in [5.74, 6) is -2.44. The molecule has 0 unspecified atom stereocenters. The van der Waals surface area contributed by atoms with Gasteiger partial charge in [-0.05, 0) is 11.6 Å². The topological polar surface area (TPSA) is 0 Å². The van der Waals surface area contributed by atoms with Crippen molar-refractivity contribution in [2.75, 3.05) is 0 Å². The van der Waals surface area contributed by atoms with Crippen molar-refractivity contribution in [2.24, 2.45) is 0 Å². The molecule has 0 aromatic heterocycles. The van der Waals surface area contributed by atoms with Crippen molar-refractivity contribution in [1.29, 1.82) is 0 Å². The van der Waals surface area contributed by atoms with Gasteiger partial charge in [0.2, 0.25) is 0 Å². The van der Waals surface area contributed by atoms with Crippen LogP contribution in [0.2, 0.25) is 0 Å². The van der Waals surface area contributed by atoms with E-state index in [0.29, 0.717) is 5.56 Å². The van der Waals surface area contributed by atoms with Gasteiger partial charge in [0.05, 0.1) is 0 Å². The molecule has 0 spiro atoms. The number of halogens is 4. The normalized spacial score (nSPS) is 10.2. The second-order valence-corrected chi connectivity index (χ2v) is 3.64. The van der Waals surface area contributed by atoms with Gasteiger partial charge in [0.15, 0.2) is 5.83 Å². The van der Waals surface area contributed by atoms with Gasteiger partial charge in [0.25, 0.3) is 0 Å². The van der Waals surface area contributed by atoms with E-state index in [1.165, 1.54) is 6.07 Å². The molecule has 0 nitrogen and oxygen atoms in total. The van der Waals surface area contributed by atoms with Crippen LogP contribution < -0.4 is 0 Å². The molecule has 0 aliphatic carbocycles. The predicted octanol–water partition coefficient (Wildman–Crippen LogP) is 5.03. The lowest BCUT2D eigenvalue weighted by atomic mass is 10.0. The fourth-order valence-electron chi connectivity index (χ4n) is 1.61. The van der Waals surface area contributed by atoms with Gasteiger partial charge in [-0.1, -0.05) is 42.5 Å². The van der Waals surface area contributed by atoms with E-state index in [9.17, 15) is 17.6 Å². The maximum Gasteiger partial charge on any atom is 0.306 e. The Bertz CT molecular complexity index is 584. The molecule has 0 saturated heterocycles. The Labute approximate surface area is 101 Å². The van der Waals surface area contributed by atoms with E-state index in [0.717, 1.165) is 12.1 Å². The molecule has 4 heteroatoms. The van der Waals surface area contributed by atoms with E-state index in [1.54, 1.807) is 30.3 Å². The van der Waals surface area contributed by atoms with E-state index < -0.39 is 23.3 Å². The lowest BCUT2D eigenvalue weighted by Gasteiger charge is -2.05. The first-order valence-corrected chi connectivity index (χ1v) is 5.15. The number of hydrogen-bond donors (Lipinski definition) is 0. The third-order valence-electron chi connectivity index (χ3n) is 2.47. The Morgan fingerprint density at radius 1 is 0.833 bits per heavy atom. The van der Waals surface area contributed by atoms with Gasteiger partial charge in [-0.25, -0.2) is 8.78 Å². The first-order valence-electron chi connectivity index (χ1n) is 5.15. The fourth-order valence-corrected chi connectivity index (χ4v) is 1.61. The average Bonchev–Trinajstić information content (AvgIpc) is 2.38. The molecule has 92 valence electrons. The van der Waals surface area contributed by atoms with E-state index in [-0.39, 0.29) is 5.56 Å². The number of benzene rings is 2. The summed E-state index contributed by atoms with van der Waals surface area (Å²) in [4.78, 5) is 0. The van der Waals surface area contributed by atoms with E-state index in [4.69, 9.17) is 0 Å². The molecule has 0 amide bonds. The van der Waals surface area contributed by atoms with E-state index in [2.05, 4.69) is 0 Å². The molecule has 18 heavy (non-hydrogen) atoms. The number of rotatable bonds is 2. The minimum absolute atomic E-state index is 0.242. The molecule has 0 bridgehead atoms. The molecular weight excluding hydrogens is 244 g/mol. The third kappa shape index (κ3) is 2.42. The second kappa shape index (κ2) is 5.04. The van der Waals surface area contributed by atoms with Crippen LogP contribution in [0.1, 0.15) is 5.56 Å². The minimum atomic E-state index is -2.46. The van der Waals surface area contributed by atoms with Crippen LogP contribution in [-0.2, 0) is 0 Å². The van der Waals surface area contributed by atoms with E-state index in [1.807, 2.05) is 0 Å². The second-order valence-electron chi connectivity index (χ2n) is 3.64. The molecular formula is C14H8F4. The summed E-state index contributed by atoms with van der Waals surface area (Å²) < 4.78 is 50.8. The summed E-state index contributed by atoms with van der Waals surface area (Å²) in [6.07, 6.45) is -2.46. The zero-order chi connectivity index (χ0) is 13.1. The summed E-state index contributed by atoms with van der Waals surface area (Å²) in [6, 6.07) is 11.8. The molecule has 0 aliphatic heterocycles. The Hall–Kier alpha value is -2.10. The van der Waals surface area contributed by atoms with Gasteiger partial charge in [-0.2, -0.15) is 8.78 Å². The Kier molecular flexibility index (Phi) is 3.46. The van der Waals surface area contributed by atoms with Crippen LogP contribution in [0.5, 0.6) is 0 Å². The maximum atomic E-state index is 13.7. The van der Waals surface area contributed by atoms with Crippen LogP contribution in [0, 0.1) is 5.82 Å². The van der Waals surface area contributed by atoms with E-state index >= 15 is 0 Å². The lowest BCUT2D eigenvalue weighted by molar-refractivity contribution is 0.410. The van der Waals surface area contributed by atoms with Gasteiger partial charge in [0.1, 0.15) is 5.82 Å².